The predicted molar refractivity (Wildman–Crippen MR) is 59.7 cm³/mol. The molecule has 0 radical (unpaired) electrons. The van der Waals surface area contributed by atoms with Crippen LogP contribution in [0.5, 0.6) is 5.75 Å². The Balaban J connectivity index is 2.25. The zero-order valence-electron chi connectivity index (χ0n) is 9.54. The number of halogens is 3. The summed E-state index contributed by atoms with van der Waals surface area (Å²) in [5.41, 5.74) is 0.545. The summed E-state index contributed by atoms with van der Waals surface area (Å²) in [5.74, 6) is -0.275. The van der Waals surface area contributed by atoms with Crippen LogP contribution in [0.25, 0.3) is 0 Å². The first-order chi connectivity index (χ1) is 8.46. The molecule has 4 nitrogen and oxygen atoms in total. The highest BCUT2D eigenvalue weighted by Gasteiger charge is 2.33. The molecule has 0 aliphatic carbocycles. The first-order valence-electron chi connectivity index (χ1n) is 5.25. The number of ether oxygens (including phenoxy) is 2. The standard InChI is InChI=1S/C11H11F3N2O2/c1-7-3-2-4-8(9(7)18-11(12,13)14)16-10-15-5-6-17-10/h2-4H,5-6H2,1H3,(H,15,16). The van der Waals surface area contributed by atoms with Gasteiger partial charge in [0.2, 0.25) is 0 Å². The van der Waals surface area contributed by atoms with Crippen LogP contribution in [0.15, 0.2) is 23.2 Å². The predicted octanol–water partition coefficient (Wildman–Crippen LogP) is 2.69. The minimum Gasteiger partial charge on any atom is -0.463 e. The van der Waals surface area contributed by atoms with E-state index in [0.717, 1.165) is 0 Å². The molecule has 0 spiro atoms. The minimum atomic E-state index is -4.74. The molecule has 0 fully saturated rings. The molecular formula is C11H11F3N2O2. The van der Waals surface area contributed by atoms with Crippen LogP contribution in [0.2, 0.25) is 0 Å². The second-order valence-electron chi connectivity index (χ2n) is 3.66. The van der Waals surface area contributed by atoms with Crippen molar-refractivity contribution >= 4 is 11.7 Å². The molecule has 0 aromatic heterocycles. The maximum Gasteiger partial charge on any atom is 0.573 e. The van der Waals surface area contributed by atoms with E-state index in [1.54, 1.807) is 6.07 Å². The van der Waals surface area contributed by atoms with Gasteiger partial charge < -0.3 is 14.8 Å². The highest BCUT2D eigenvalue weighted by Crippen LogP contribution is 2.33. The average Bonchev–Trinajstić information content (AvgIpc) is 2.74. The molecule has 7 heteroatoms. The van der Waals surface area contributed by atoms with Gasteiger partial charge in [-0.25, -0.2) is 4.99 Å². The number of nitrogens with zero attached hydrogens (tertiary/aromatic N) is 1. The van der Waals surface area contributed by atoms with Gasteiger partial charge in [-0.05, 0) is 18.6 Å². The number of para-hydroxylation sites is 1. The molecule has 1 aromatic rings. The number of hydrogen-bond donors (Lipinski definition) is 1. The van der Waals surface area contributed by atoms with Gasteiger partial charge in [-0.15, -0.1) is 13.2 Å². The number of aryl methyl sites for hydroxylation is 1. The maximum absolute atomic E-state index is 12.3. The molecule has 0 saturated heterocycles. The van der Waals surface area contributed by atoms with Gasteiger partial charge in [-0.3, -0.25) is 0 Å². The van der Waals surface area contributed by atoms with E-state index in [-0.39, 0.29) is 17.5 Å². The Morgan fingerprint density at radius 2 is 2.17 bits per heavy atom. The zero-order valence-corrected chi connectivity index (χ0v) is 9.54. The van der Waals surface area contributed by atoms with E-state index in [4.69, 9.17) is 4.74 Å². The summed E-state index contributed by atoms with van der Waals surface area (Å²) in [5, 5.41) is 2.68. The van der Waals surface area contributed by atoms with Crippen LogP contribution in [0, 0.1) is 6.92 Å². The highest BCUT2D eigenvalue weighted by molar-refractivity contribution is 5.91. The van der Waals surface area contributed by atoms with Gasteiger partial charge in [-0.1, -0.05) is 12.1 Å². The molecule has 98 valence electrons. The Morgan fingerprint density at radius 3 is 2.78 bits per heavy atom. The van der Waals surface area contributed by atoms with E-state index in [2.05, 4.69) is 15.0 Å². The quantitative estimate of drug-likeness (QED) is 0.889. The third-order valence-corrected chi connectivity index (χ3v) is 2.26. The van der Waals surface area contributed by atoms with E-state index in [9.17, 15) is 13.2 Å². The summed E-state index contributed by atoms with van der Waals surface area (Å²) in [4.78, 5) is 3.94. The van der Waals surface area contributed by atoms with Gasteiger partial charge in [0.25, 0.3) is 6.02 Å². The third-order valence-electron chi connectivity index (χ3n) is 2.26. The lowest BCUT2D eigenvalue weighted by atomic mass is 10.2. The Bertz CT molecular complexity index is 472. The summed E-state index contributed by atoms with van der Waals surface area (Å²) in [6.07, 6.45) is -4.74. The van der Waals surface area contributed by atoms with Crippen molar-refractivity contribution in [1.29, 1.82) is 0 Å². The molecule has 2 rings (SSSR count). The van der Waals surface area contributed by atoms with Crippen molar-refractivity contribution in [3.63, 3.8) is 0 Å². The van der Waals surface area contributed by atoms with Crippen LogP contribution in [0.1, 0.15) is 5.56 Å². The molecule has 1 aliphatic heterocycles. The van der Waals surface area contributed by atoms with Crippen molar-refractivity contribution in [3.8, 4) is 5.75 Å². The smallest absolute Gasteiger partial charge is 0.463 e. The number of benzene rings is 1. The fourth-order valence-corrected chi connectivity index (χ4v) is 1.53. The Labute approximate surface area is 101 Å². The van der Waals surface area contributed by atoms with Crippen LogP contribution in [0.4, 0.5) is 18.9 Å². The first kappa shape index (κ1) is 12.5. The highest BCUT2D eigenvalue weighted by atomic mass is 19.4. The maximum atomic E-state index is 12.3. The number of hydrogen-bond acceptors (Lipinski definition) is 4. The van der Waals surface area contributed by atoms with Crippen molar-refractivity contribution in [2.24, 2.45) is 4.99 Å². The summed E-state index contributed by atoms with van der Waals surface area (Å²) in [6.45, 7) is 2.44. The number of amidine groups is 1. The van der Waals surface area contributed by atoms with Crippen LogP contribution >= 0.6 is 0 Å². The summed E-state index contributed by atoms with van der Waals surface area (Å²) in [7, 11) is 0. The fourth-order valence-electron chi connectivity index (χ4n) is 1.53. The summed E-state index contributed by atoms with van der Waals surface area (Å²) >= 11 is 0. The molecule has 0 amide bonds. The van der Waals surface area contributed by atoms with Crippen molar-refractivity contribution in [2.45, 2.75) is 13.3 Å². The molecular weight excluding hydrogens is 249 g/mol. The van der Waals surface area contributed by atoms with E-state index in [1.807, 2.05) is 0 Å². The van der Waals surface area contributed by atoms with Crippen LogP contribution < -0.4 is 10.1 Å². The van der Waals surface area contributed by atoms with Crippen LogP contribution in [-0.2, 0) is 4.74 Å². The van der Waals surface area contributed by atoms with E-state index in [1.165, 1.54) is 19.1 Å². The minimum absolute atomic E-state index is 0.174. The number of aliphatic imine (C=N–C) groups is 1. The van der Waals surface area contributed by atoms with Gasteiger partial charge in [0.05, 0.1) is 12.2 Å². The average molecular weight is 260 g/mol. The van der Waals surface area contributed by atoms with Gasteiger partial charge in [-0.2, -0.15) is 0 Å². The molecule has 0 unspecified atom stereocenters. The summed E-state index contributed by atoms with van der Waals surface area (Å²) < 4.78 is 46.0. The normalized spacial score (nSPS) is 15.0. The molecule has 1 aromatic carbocycles. The Hall–Kier alpha value is -1.92. The van der Waals surface area contributed by atoms with Gasteiger partial charge in [0, 0.05) is 0 Å². The van der Waals surface area contributed by atoms with Crippen molar-refractivity contribution in [2.75, 3.05) is 18.5 Å². The molecule has 18 heavy (non-hydrogen) atoms. The summed E-state index contributed by atoms with van der Waals surface area (Å²) in [6, 6.07) is 4.82. The second-order valence-corrected chi connectivity index (χ2v) is 3.66. The lowest BCUT2D eigenvalue weighted by Crippen LogP contribution is -2.20. The largest absolute Gasteiger partial charge is 0.573 e. The molecule has 1 N–H and O–H groups in total. The van der Waals surface area contributed by atoms with Crippen LogP contribution in [0.3, 0.4) is 0 Å². The zero-order chi connectivity index (χ0) is 13.2. The Kier molecular flexibility index (Phi) is 3.31. The number of anilines is 1. The molecule has 0 atom stereocenters. The first-order valence-corrected chi connectivity index (χ1v) is 5.25. The molecule has 0 saturated carbocycles. The van der Waals surface area contributed by atoms with E-state index in [0.29, 0.717) is 18.7 Å². The second kappa shape index (κ2) is 4.75. The van der Waals surface area contributed by atoms with E-state index >= 15 is 0 Å². The van der Waals surface area contributed by atoms with Gasteiger partial charge in [0.1, 0.15) is 6.61 Å². The Morgan fingerprint density at radius 1 is 1.39 bits per heavy atom. The monoisotopic (exact) mass is 260 g/mol. The lowest BCUT2D eigenvalue weighted by molar-refractivity contribution is -0.274. The van der Waals surface area contributed by atoms with Gasteiger partial charge >= 0.3 is 6.36 Å². The van der Waals surface area contributed by atoms with Crippen molar-refractivity contribution in [1.82, 2.24) is 0 Å². The molecule has 0 bridgehead atoms. The van der Waals surface area contributed by atoms with Crippen molar-refractivity contribution in [3.05, 3.63) is 23.8 Å². The SMILES string of the molecule is Cc1cccc(NC2=NCCO2)c1OC(F)(F)F. The number of nitrogens with one attached hydrogen (secondary N) is 1. The topological polar surface area (TPSA) is 42.9 Å². The number of rotatable bonds is 2. The van der Waals surface area contributed by atoms with Crippen LogP contribution in [-0.4, -0.2) is 25.5 Å². The van der Waals surface area contributed by atoms with E-state index < -0.39 is 6.36 Å². The molecule has 1 aliphatic rings. The van der Waals surface area contributed by atoms with Crippen molar-refractivity contribution < 1.29 is 22.6 Å². The molecule has 1 heterocycles. The fraction of sp³-hybridized carbons (Fsp3) is 0.364. The van der Waals surface area contributed by atoms with Gasteiger partial charge in [0.15, 0.2) is 5.75 Å². The number of alkyl halides is 3. The lowest BCUT2D eigenvalue weighted by Gasteiger charge is -2.16. The third kappa shape index (κ3) is 3.06.